The fourth-order valence-corrected chi connectivity index (χ4v) is 3.27. The summed E-state index contributed by atoms with van der Waals surface area (Å²) >= 11 is 0. The Morgan fingerprint density at radius 3 is 2.72 bits per heavy atom. The molecule has 0 bridgehead atoms. The lowest BCUT2D eigenvalue weighted by atomic mass is 10.1. The minimum atomic E-state index is 0.229. The van der Waals surface area contributed by atoms with Crippen molar-refractivity contribution >= 4 is 10.9 Å². The highest BCUT2D eigenvalue weighted by molar-refractivity contribution is 5.84. The summed E-state index contributed by atoms with van der Waals surface area (Å²) in [5.41, 5.74) is 8.77. The molecule has 2 nitrogen and oxygen atoms in total. The van der Waals surface area contributed by atoms with Crippen molar-refractivity contribution in [1.29, 1.82) is 0 Å². The highest BCUT2D eigenvalue weighted by atomic mass is 15.0. The zero-order chi connectivity index (χ0) is 12.5. The molecule has 1 aliphatic rings. The minimum absolute atomic E-state index is 0.229. The second kappa shape index (κ2) is 4.77. The van der Waals surface area contributed by atoms with Crippen LogP contribution in [-0.2, 0) is 6.42 Å². The van der Waals surface area contributed by atoms with Gasteiger partial charge < -0.3 is 10.3 Å². The first-order chi connectivity index (χ1) is 8.75. The Morgan fingerprint density at radius 2 is 2.00 bits per heavy atom. The van der Waals surface area contributed by atoms with E-state index in [1.54, 1.807) is 0 Å². The molecule has 1 saturated carbocycles. The molecule has 1 aliphatic carbocycles. The van der Waals surface area contributed by atoms with Crippen molar-refractivity contribution < 1.29 is 0 Å². The molecule has 1 aromatic heterocycles. The fraction of sp³-hybridized carbons (Fsp3) is 0.500. The molecule has 0 spiro atoms. The number of benzene rings is 1. The molecule has 0 saturated heterocycles. The second-order valence-corrected chi connectivity index (χ2v) is 5.70. The molecule has 2 aromatic rings. The molecule has 96 valence electrons. The van der Waals surface area contributed by atoms with E-state index in [1.165, 1.54) is 42.1 Å². The Labute approximate surface area is 109 Å². The summed E-state index contributed by atoms with van der Waals surface area (Å²) in [7, 11) is 0. The molecular weight excluding hydrogens is 220 g/mol. The molecule has 18 heavy (non-hydrogen) atoms. The molecule has 3 rings (SSSR count). The van der Waals surface area contributed by atoms with Crippen molar-refractivity contribution in [2.24, 2.45) is 5.73 Å². The van der Waals surface area contributed by atoms with Crippen molar-refractivity contribution in [2.75, 3.05) is 0 Å². The van der Waals surface area contributed by atoms with Gasteiger partial charge in [0.15, 0.2) is 0 Å². The van der Waals surface area contributed by atoms with Crippen molar-refractivity contribution in [3.05, 3.63) is 36.0 Å². The summed E-state index contributed by atoms with van der Waals surface area (Å²) in [6.07, 6.45) is 8.73. The predicted octanol–water partition coefficient (Wildman–Crippen LogP) is 3.65. The zero-order valence-electron chi connectivity index (χ0n) is 11.1. The van der Waals surface area contributed by atoms with E-state index in [1.807, 2.05) is 0 Å². The van der Waals surface area contributed by atoms with Gasteiger partial charge in [-0.25, -0.2) is 0 Å². The van der Waals surface area contributed by atoms with Crippen LogP contribution in [0.3, 0.4) is 0 Å². The summed E-state index contributed by atoms with van der Waals surface area (Å²) in [5, 5.41) is 1.39. The van der Waals surface area contributed by atoms with Crippen LogP contribution in [0.25, 0.3) is 10.9 Å². The van der Waals surface area contributed by atoms with Crippen molar-refractivity contribution in [2.45, 2.75) is 51.1 Å². The summed E-state index contributed by atoms with van der Waals surface area (Å²) in [4.78, 5) is 0. The molecule has 0 radical (unpaired) electrons. The number of rotatable bonds is 3. The highest BCUT2D eigenvalue weighted by Gasteiger charge is 2.19. The number of hydrogen-bond donors (Lipinski definition) is 1. The molecule has 1 heterocycles. The average Bonchev–Trinajstić information content (AvgIpc) is 2.96. The van der Waals surface area contributed by atoms with Gasteiger partial charge in [0.25, 0.3) is 0 Å². The van der Waals surface area contributed by atoms with Crippen LogP contribution in [0.1, 0.15) is 44.2 Å². The number of aromatic nitrogens is 1. The molecular formula is C16H22N2. The number of fused-ring (bicyclic) bond motifs is 1. The second-order valence-electron chi connectivity index (χ2n) is 5.70. The van der Waals surface area contributed by atoms with Crippen LogP contribution in [0.15, 0.2) is 30.5 Å². The normalized spacial score (nSPS) is 18.6. The molecule has 0 unspecified atom stereocenters. The first-order valence-electron chi connectivity index (χ1n) is 7.10. The van der Waals surface area contributed by atoms with Gasteiger partial charge in [-0.1, -0.05) is 31.0 Å². The lowest BCUT2D eigenvalue weighted by molar-refractivity contribution is 0.534. The van der Waals surface area contributed by atoms with Crippen LogP contribution in [0.4, 0.5) is 0 Å². The Balaban J connectivity index is 2.07. The Hall–Kier alpha value is -1.28. The molecule has 0 amide bonds. The van der Waals surface area contributed by atoms with Crippen LogP contribution in [0.2, 0.25) is 0 Å². The molecule has 2 heteroatoms. The SMILES string of the molecule is C[C@H](N)Cc1cn(C2CCCC2)c2ccccc12. The zero-order valence-corrected chi connectivity index (χ0v) is 11.1. The lowest BCUT2D eigenvalue weighted by Crippen LogP contribution is -2.17. The number of nitrogens with zero attached hydrogens (tertiary/aromatic N) is 1. The largest absolute Gasteiger partial charge is 0.344 e. The maximum atomic E-state index is 5.97. The van der Waals surface area contributed by atoms with E-state index >= 15 is 0 Å². The van der Waals surface area contributed by atoms with E-state index in [-0.39, 0.29) is 6.04 Å². The Morgan fingerprint density at radius 1 is 1.28 bits per heavy atom. The first kappa shape index (κ1) is 11.8. The van der Waals surface area contributed by atoms with E-state index < -0.39 is 0 Å². The third kappa shape index (κ3) is 2.05. The van der Waals surface area contributed by atoms with Gasteiger partial charge in [-0.3, -0.25) is 0 Å². The van der Waals surface area contributed by atoms with Crippen molar-refractivity contribution in [1.82, 2.24) is 4.57 Å². The third-order valence-corrected chi connectivity index (χ3v) is 4.08. The van der Waals surface area contributed by atoms with E-state index in [4.69, 9.17) is 5.73 Å². The van der Waals surface area contributed by atoms with Gasteiger partial charge in [0, 0.05) is 29.2 Å². The first-order valence-corrected chi connectivity index (χ1v) is 7.10. The van der Waals surface area contributed by atoms with E-state index in [0.717, 1.165) is 6.42 Å². The lowest BCUT2D eigenvalue weighted by Gasteiger charge is -2.13. The van der Waals surface area contributed by atoms with Crippen LogP contribution in [-0.4, -0.2) is 10.6 Å². The van der Waals surface area contributed by atoms with Gasteiger partial charge in [0.05, 0.1) is 0 Å². The standard InChI is InChI=1S/C16H22N2/c1-12(17)10-13-11-18(14-6-2-3-7-14)16-9-5-4-8-15(13)16/h4-5,8-9,11-12,14H,2-3,6-7,10,17H2,1H3/t12-/m0/s1. The van der Waals surface area contributed by atoms with Gasteiger partial charge in [-0.05, 0) is 37.8 Å². The van der Waals surface area contributed by atoms with Gasteiger partial charge in [-0.15, -0.1) is 0 Å². The summed E-state index contributed by atoms with van der Waals surface area (Å²) < 4.78 is 2.50. The predicted molar refractivity (Wildman–Crippen MR) is 76.8 cm³/mol. The van der Waals surface area contributed by atoms with Gasteiger partial charge in [-0.2, -0.15) is 0 Å². The van der Waals surface area contributed by atoms with Crippen molar-refractivity contribution in [3.8, 4) is 0 Å². The van der Waals surface area contributed by atoms with E-state index in [2.05, 4.69) is 42.0 Å². The molecule has 1 atom stereocenters. The average molecular weight is 242 g/mol. The maximum Gasteiger partial charge on any atom is 0.0485 e. The number of hydrogen-bond acceptors (Lipinski definition) is 1. The number of nitrogens with two attached hydrogens (primary N) is 1. The number of para-hydroxylation sites is 1. The van der Waals surface area contributed by atoms with Crippen molar-refractivity contribution in [3.63, 3.8) is 0 Å². The monoisotopic (exact) mass is 242 g/mol. The van der Waals surface area contributed by atoms with E-state index in [9.17, 15) is 0 Å². The molecule has 0 aliphatic heterocycles. The van der Waals surface area contributed by atoms with Crippen LogP contribution < -0.4 is 5.73 Å². The van der Waals surface area contributed by atoms with Gasteiger partial charge in [0.2, 0.25) is 0 Å². The summed E-state index contributed by atoms with van der Waals surface area (Å²) in [6, 6.07) is 9.69. The maximum absolute atomic E-state index is 5.97. The minimum Gasteiger partial charge on any atom is -0.344 e. The molecule has 1 fully saturated rings. The fourth-order valence-electron chi connectivity index (χ4n) is 3.27. The van der Waals surface area contributed by atoms with Crippen LogP contribution in [0, 0.1) is 0 Å². The smallest absolute Gasteiger partial charge is 0.0485 e. The summed E-state index contributed by atoms with van der Waals surface area (Å²) in [5.74, 6) is 0. The highest BCUT2D eigenvalue weighted by Crippen LogP contribution is 2.34. The summed E-state index contributed by atoms with van der Waals surface area (Å²) in [6.45, 7) is 2.09. The quantitative estimate of drug-likeness (QED) is 0.875. The molecule has 1 aromatic carbocycles. The van der Waals surface area contributed by atoms with Gasteiger partial charge >= 0.3 is 0 Å². The topological polar surface area (TPSA) is 30.9 Å². The van der Waals surface area contributed by atoms with Crippen LogP contribution >= 0.6 is 0 Å². The molecule has 2 N–H and O–H groups in total. The van der Waals surface area contributed by atoms with E-state index in [0.29, 0.717) is 6.04 Å². The third-order valence-electron chi connectivity index (χ3n) is 4.08. The Bertz CT molecular complexity index is 533. The Kier molecular flexibility index (Phi) is 3.13. The van der Waals surface area contributed by atoms with Gasteiger partial charge in [0.1, 0.15) is 0 Å². The van der Waals surface area contributed by atoms with Crippen LogP contribution in [0.5, 0.6) is 0 Å².